The normalized spacial score (nSPS) is 22.1. The minimum absolute atomic E-state index is 0.411. The van der Waals surface area contributed by atoms with Gasteiger partial charge in [-0.2, -0.15) is 0 Å². The molecule has 2 rings (SSSR count). The first-order valence-electron chi connectivity index (χ1n) is 5.40. The molecular weight excluding hydrogens is 176 g/mol. The van der Waals surface area contributed by atoms with E-state index in [0.29, 0.717) is 12.1 Å². The molecule has 0 aromatic carbocycles. The molecule has 0 amide bonds. The van der Waals surface area contributed by atoms with Crippen LogP contribution in [0.3, 0.4) is 0 Å². The molecule has 4 nitrogen and oxygen atoms in total. The molecule has 1 unspecified atom stereocenters. The van der Waals surface area contributed by atoms with Gasteiger partial charge in [-0.15, -0.1) is 5.10 Å². The van der Waals surface area contributed by atoms with Crippen LogP contribution in [0.4, 0.5) is 0 Å². The van der Waals surface area contributed by atoms with Crippen molar-refractivity contribution in [2.45, 2.75) is 45.2 Å². The zero-order valence-corrected chi connectivity index (χ0v) is 8.90. The maximum absolute atomic E-state index is 4.10. The number of hydrogen-bond acceptors (Lipinski definition) is 3. The maximum atomic E-state index is 4.10. The second kappa shape index (κ2) is 4.09. The summed E-state index contributed by atoms with van der Waals surface area (Å²) in [5.74, 6) is 0. The predicted molar refractivity (Wildman–Crippen MR) is 55.1 cm³/mol. The van der Waals surface area contributed by atoms with Crippen LogP contribution in [-0.4, -0.2) is 27.6 Å². The summed E-state index contributed by atoms with van der Waals surface area (Å²) in [7, 11) is 0. The highest BCUT2D eigenvalue weighted by Gasteiger charge is 2.17. The summed E-state index contributed by atoms with van der Waals surface area (Å²) in [6.07, 6.45) is 5.53. The molecule has 1 fully saturated rings. The Labute approximate surface area is 84.7 Å². The molecule has 1 aliphatic heterocycles. The van der Waals surface area contributed by atoms with E-state index in [-0.39, 0.29) is 0 Å². The molecule has 2 heterocycles. The summed E-state index contributed by atoms with van der Waals surface area (Å²) in [4.78, 5) is 0. The van der Waals surface area contributed by atoms with E-state index in [2.05, 4.69) is 29.5 Å². The van der Waals surface area contributed by atoms with Crippen LogP contribution in [0.15, 0.2) is 6.20 Å². The van der Waals surface area contributed by atoms with Crippen LogP contribution >= 0.6 is 0 Å². The average Bonchev–Trinajstić information content (AvgIpc) is 2.75. The number of nitrogens with one attached hydrogen (secondary N) is 1. The third-order valence-electron chi connectivity index (χ3n) is 2.76. The summed E-state index contributed by atoms with van der Waals surface area (Å²) in [5.41, 5.74) is 1.25. The Morgan fingerprint density at radius 1 is 1.64 bits per heavy atom. The SMILES string of the molecule is CC(C)n1nncc1CC1CCCN1. The molecular formula is C10H18N4. The molecule has 1 N–H and O–H groups in total. The van der Waals surface area contributed by atoms with Crippen LogP contribution in [0.5, 0.6) is 0 Å². The Kier molecular flexibility index (Phi) is 2.82. The van der Waals surface area contributed by atoms with E-state index in [1.165, 1.54) is 18.5 Å². The van der Waals surface area contributed by atoms with Gasteiger partial charge in [-0.3, -0.25) is 0 Å². The van der Waals surface area contributed by atoms with Crippen molar-refractivity contribution in [1.29, 1.82) is 0 Å². The lowest BCUT2D eigenvalue weighted by molar-refractivity contribution is 0.475. The van der Waals surface area contributed by atoms with Crippen molar-refractivity contribution in [2.75, 3.05) is 6.54 Å². The zero-order chi connectivity index (χ0) is 9.97. The number of nitrogens with zero attached hydrogens (tertiary/aromatic N) is 3. The topological polar surface area (TPSA) is 42.7 Å². The molecule has 1 aromatic rings. The molecule has 0 saturated carbocycles. The lowest BCUT2D eigenvalue weighted by Gasteiger charge is -2.13. The second-order valence-electron chi connectivity index (χ2n) is 4.26. The smallest absolute Gasteiger partial charge is 0.0725 e. The van der Waals surface area contributed by atoms with Gasteiger partial charge in [-0.25, -0.2) is 4.68 Å². The van der Waals surface area contributed by atoms with Crippen LogP contribution in [-0.2, 0) is 6.42 Å². The van der Waals surface area contributed by atoms with Crippen molar-refractivity contribution in [2.24, 2.45) is 0 Å². The Bertz CT molecular complexity index is 286. The van der Waals surface area contributed by atoms with Gasteiger partial charge in [0.25, 0.3) is 0 Å². The molecule has 0 radical (unpaired) electrons. The van der Waals surface area contributed by atoms with Crippen molar-refractivity contribution < 1.29 is 0 Å². The van der Waals surface area contributed by atoms with E-state index in [1.54, 1.807) is 0 Å². The van der Waals surface area contributed by atoms with Gasteiger partial charge in [0.05, 0.1) is 11.9 Å². The summed E-state index contributed by atoms with van der Waals surface area (Å²) in [6.45, 7) is 5.44. The first-order valence-corrected chi connectivity index (χ1v) is 5.40. The highest BCUT2D eigenvalue weighted by Crippen LogP contribution is 2.13. The molecule has 0 bridgehead atoms. The zero-order valence-electron chi connectivity index (χ0n) is 8.90. The monoisotopic (exact) mass is 194 g/mol. The molecule has 1 aliphatic rings. The summed E-state index contributed by atoms with van der Waals surface area (Å²) in [6, 6.07) is 1.04. The summed E-state index contributed by atoms with van der Waals surface area (Å²) in [5, 5.41) is 11.6. The van der Waals surface area contributed by atoms with E-state index in [0.717, 1.165) is 13.0 Å². The van der Waals surface area contributed by atoms with E-state index in [9.17, 15) is 0 Å². The molecule has 14 heavy (non-hydrogen) atoms. The van der Waals surface area contributed by atoms with Crippen molar-refractivity contribution in [1.82, 2.24) is 20.3 Å². The van der Waals surface area contributed by atoms with E-state index in [1.807, 2.05) is 10.9 Å². The fourth-order valence-electron chi connectivity index (χ4n) is 2.03. The number of aromatic nitrogens is 3. The van der Waals surface area contributed by atoms with E-state index >= 15 is 0 Å². The summed E-state index contributed by atoms with van der Waals surface area (Å²) < 4.78 is 2.01. The third-order valence-corrected chi connectivity index (χ3v) is 2.76. The first kappa shape index (κ1) is 9.65. The van der Waals surface area contributed by atoms with Gasteiger partial charge in [-0.05, 0) is 33.2 Å². The average molecular weight is 194 g/mol. The van der Waals surface area contributed by atoms with Crippen LogP contribution in [0.1, 0.15) is 38.4 Å². The van der Waals surface area contributed by atoms with E-state index in [4.69, 9.17) is 0 Å². The first-order chi connectivity index (χ1) is 6.77. The highest BCUT2D eigenvalue weighted by molar-refractivity contribution is 4.99. The standard InChI is InChI=1S/C10H18N4/c1-8(2)14-10(7-12-13-14)6-9-4-3-5-11-9/h7-9,11H,3-6H2,1-2H3. The molecule has 0 spiro atoms. The van der Waals surface area contributed by atoms with Gasteiger partial charge in [-0.1, -0.05) is 5.21 Å². The minimum Gasteiger partial charge on any atom is -0.314 e. The predicted octanol–water partition coefficient (Wildman–Crippen LogP) is 1.15. The van der Waals surface area contributed by atoms with E-state index < -0.39 is 0 Å². The van der Waals surface area contributed by atoms with Crippen LogP contribution in [0, 0.1) is 0 Å². The van der Waals surface area contributed by atoms with Crippen molar-refractivity contribution >= 4 is 0 Å². The number of rotatable bonds is 3. The Hall–Kier alpha value is -0.900. The Morgan fingerprint density at radius 3 is 3.14 bits per heavy atom. The maximum Gasteiger partial charge on any atom is 0.0725 e. The Balaban J connectivity index is 2.04. The van der Waals surface area contributed by atoms with Crippen molar-refractivity contribution in [3.63, 3.8) is 0 Å². The van der Waals surface area contributed by atoms with Crippen molar-refractivity contribution in [3.05, 3.63) is 11.9 Å². The van der Waals surface area contributed by atoms with Gasteiger partial charge in [0.15, 0.2) is 0 Å². The third kappa shape index (κ3) is 1.95. The molecule has 0 aliphatic carbocycles. The molecule has 1 saturated heterocycles. The Morgan fingerprint density at radius 2 is 2.50 bits per heavy atom. The quantitative estimate of drug-likeness (QED) is 0.785. The van der Waals surface area contributed by atoms with Crippen LogP contribution in [0.2, 0.25) is 0 Å². The lowest BCUT2D eigenvalue weighted by atomic mass is 10.1. The second-order valence-corrected chi connectivity index (χ2v) is 4.26. The lowest BCUT2D eigenvalue weighted by Crippen LogP contribution is -2.25. The minimum atomic E-state index is 0.411. The van der Waals surface area contributed by atoms with Gasteiger partial charge in [0.1, 0.15) is 0 Å². The van der Waals surface area contributed by atoms with Crippen LogP contribution in [0.25, 0.3) is 0 Å². The fourth-order valence-corrected chi connectivity index (χ4v) is 2.03. The van der Waals surface area contributed by atoms with Gasteiger partial charge < -0.3 is 5.32 Å². The summed E-state index contributed by atoms with van der Waals surface area (Å²) >= 11 is 0. The van der Waals surface area contributed by atoms with Crippen LogP contribution < -0.4 is 5.32 Å². The number of hydrogen-bond donors (Lipinski definition) is 1. The molecule has 4 heteroatoms. The molecule has 1 aromatic heterocycles. The van der Waals surface area contributed by atoms with Crippen molar-refractivity contribution in [3.8, 4) is 0 Å². The molecule has 1 atom stereocenters. The largest absolute Gasteiger partial charge is 0.314 e. The van der Waals surface area contributed by atoms with Gasteiger partial charge >= 0.3 is 0 Å². The van der Waals surface area contributed by atoms with Gasteiger partial charge in [0.2, 0.25) is 0 Å². The van der Waals surface area contributed by atoms with Gasteiger partial charge in [0, 0.05) is 18.5 Å². The molecule has 78 valence electrons. The highest BCUT2D eigenvalue weighted by atomic mass is 15.4. The fraction of sp³-hybridized carbons (Fsp3) is 0.800.